The highest BCUT2D eigenvalue weighted by Crippen LogP contribution is 2.03. The molecule has 0 radical (unpaired) electrons. The topological polar surface area (TPSA) is 73.0 Å². The Labute approximate surface area is 71.2 Å². The number of hydrogen-bond acceptors (Lipinski definition) is 2. The molecule has 0 spiro atoms. The van der Waals surface area contributed by atoms with Gasteiger partial charge in [0.2, 0.25) is 0 Å². The van der Waals surface area contributed by atoms with E-state index in [-0.39, 0.29) is 6.15 Å². The van der Waals surface area contributed by atoms with Gasteiger partial charge in [-0.3, -0.25) is 0 Å². The number of rotatable bonds is 1. The summed E-state index contributed by atoms with van der Waals surface area (Å²) < 4.78 is 0. The third kappa shape index (κ3) is 3.54. The molecular weight excluding hydrogens is 158 g/mol. The van der Waals surface area contributed by atoms with Crippen LogP contribution in [0.5, 0.6) is 0 Å². The number of benzene rings is 1. The maximum absolute atomic E-state index is 5.24. The number of nitrogens with one attached hydrogen (secondary N) is 1. The van der Waals surface area contributed by atoms with Crippen LogP contribution in [0.2, 0.25) is 0 Å². The summed E-state index contributed by atoms with van der Waals surface area (Å²) in [5, 5.41) is 3.11. The lowest BCUT2D eigenvalue weighted by molar-refractivity contribution is 1.61. The molecule has 0 atom stereocenters. The first-order valence-corrected chi connectivity index (χ1v) is 3.31. The van der Waals surface area contributed by atoms with E-state index in [0.29, 0.717) is 5.11 Å². The van der Waals surface area contributed by atoms with Crippen LogP contribution in [0.15, 0.2) is 30.3 Å². The monoisotopic (exact) mass is 169 g/mol. The zero-order valence-corrected chi connectivity index (χ0v) is 6.90. The molecule has 1 aromatic carbocycles. The smallest absolute Gasteiger partial charge is 0.168 e. The molecule has 0 saturated carbocycles. The van der Waals surface area contributed by atoms with Gasteiger partial charge in [0.25, 0.3) is 0 Å². The molecule has 0 unspecified atom stereocenters. The van der Waals surface area contributed by atoms with Crippen LogP contribution in [-0.2, 0) is 0 Å². The summed E-state index contributed by atoms with van der Waals surface area (Å²) >= 11 is 4.64. The second kappa shape index (κ2) is 4.65. The van der Waals surface area contributed by atoms with E-state index in [1.54, 1.807) is 0 Å². The highest BCUT2D eigenvalue weighted by Gasteiger charge is 1.87. The van der Waals surface area contributed by atoms with Crippen molar-refractivity contribution in [3.63, 3.8) is 0 Å². The number of thiocarbonyl (C=S) groups is 1. The van der Waals surface area contributed by atoms with Crippen LogP contribution in [0.3, 0.4) is 0 Å². The molecule has 0 heterocycles. The van der Waals surface area contributed by atoms with Crippen LogP contribution in [0, 0.1) is 0 Å². The van der Waals surface area contributed by atoms with Gasteiger partial charge in [0, 0.05) is 5.69 Å². The first-order chi connectivity index (χ1) is 4.79. The summed E-state index contributed by atoms with van der Waals surface area (Å²) in [5.74, 6) is 0. The van der Waals surface area contributed by atoms with Crippen LogP contribution in [-0.4, -0.2) is 5.11 Å². The Morgan fingerprint density at radius 2 is 1.82 bits per heavy atom. The molecule has 0 aliphatic rings. The van der Waals surface area contributed by atoms with Crippen molar-refractivity contribution in [2.24, 2.45) is 5.73 Å². The van der Waals surface area contributed by atoms with Crippen molar-refractivity contribution in [1.82, 2.24) is 6.15 Å². The normalized spacial score (nSPS) is 8.00. The zero-order valence-electron chi connectivity index (χ0n) is 6.08. The molecule has 0 amide bonds. The van der Waals surface area contributed by atoms with Crippen molar-refractivity contribution in [3.05, 3.63) is 30.3 Å². The van der Waals surface area contributed by atoms with Crippen molar-refractivity contribution < 1.29 is 0 Å². The van der Waals surface area contributed by atoms with Crippen LogP contribution in [0.1, 0.15) is 0 Å². The van der Waals surface area contributed by atoms with Crippen LogP contribution < -0.4 is 17.2 Å². The first kappa shape index (κ1) is 9.87. The predicted octanol–water partition coefficient (Wildman–Crippen LogP) is 1.50. The Balaban J connectivity index is 0.000001000. The van der Waals surface area contributed by atoms with E-state index in [1.165, 1.54) is 0 Å². The Hall–Kier alpha value is -1.13. The molecule has 1 aromatic rings. The summed E-state index contributed by atoms with van der Waals surface area (Å²) in [7, 11) is 0. The van der Waals surface area contributed by atoms with Crippen LogP contribution >= 0.6 is 12.2 Å². The molecule has 0 saturated heterocycles. The number of para-hydroxylation sites is 1. The summed E-state index contributed by atoms with van der Waals surface area (Å²) in [6, 6.07) is 9.57. The van der Waals surface area contributed by atoms with E-state index in [2.05, 4.69) is 17.5 Å². The lowest BCUT2D eigenvalue weighted by Gasteiger charge is -2.00. The average Bonchev–Trinajstić information content (AvgIpc) is 1.88. The van der Waals surface area contributed by atoms with E-state index in [0.717, 1.165) is 5.69 Å². The van der Waals surface area contributed by atoms with Gasteiger partial charge in [-0.2, -0.15) is 0 Å². The second-order valence-corrected chi connectivity index (χ2v) is 2.30. The molecular formula is C7H11N3S. The van der Waals surface area contributed by atoms with Gasteiger partial charge in [-0.1, -0.05) is 18.2 Å². The highest BCUT2D eigenvalue weighted by molar-refractivity contribution is 7.80. The molecule has 0 aliphatic carbocycles. The minimum absolute atomic E-state index is 0. The summed E-state index contributed by atoms with van der Waals surface area (Å²) in [5.41, 5.74) is 6.17. The Bertz CT molecular complexity index is 222. The average molecular weight is 169 g/mol. The molecule has 0 bridgehead atoms. The fourth-order valence-corrected chi connectivity index (χ4v) is 0.782. The fraction of sp³-hybridized carbons (Fsp3) is 0. The quantitative estimate of drug-likeness (QED) is 0.557. The van der Waals surface area contributed by atoms with Gasteiger partial charge in [-0.05, 0) is 24.4 Å². The van der Waals surface area contributed by atoms with E-state index < -0.39 is 0 Å². The van der Waals surface area contributed by atoms with Gasteiger partial charge >= 0.3 is 0 Å². The van der Waals surface area contributed by atoms with Crippen molar-refractivity contribution in [1.29, 1.82) is 0 Å². The third-order valence-corrected chi connectivity index (χ3v) is 1.14. The van der Waals surface area contributed by atoms with Crippen molar-refractivity contribution >= 4 is 23.0 Å². The lowest BCUT2D eigenvalue weighted by Crippen LogP contribution is -2.18. The third-order valence-electron chi connectivity index (χ3n) is 1.04. The maximum atomic E-state index is 5.24. The number of nitrogens with two attached hydrogens (primary N) is 1. The molecule has 3 nitrogen and oxygen atoms in total. The predicted molar refractivity (Wildman–Crippen MR) is 51.9 cm³/mol. The Morgan fingerprint density at radius 1 is 1.27 bits per heavy atom. The maximum Gasteiger partial charge on any atom is 0.168 e. The first-order valence-electron chi connectivity index (χ1n) is 2.90. The second-order valence-electron chi connectivity index (χ2n) is 1.86. The van der Waals surface area contributed by atoms with Crippen LogP contribution in [0.25, 0.3) is 0 Å². The lowest BCUT2D eigenvalue weighted by atomic mass is 10.3. The Kier molecular flexibility index (Phi) is 4.17. The van der Waals surface area contributed by atoms with E-state index >= 15 is 0 Å². The minimum Gasteiger partial charge on any atom is -0.376 e. The summed E-state index contributed by atoms with van der Waals surface area (Å²) in [6.07, 6.45) is 0. The molecule has 6 N–H and O–H groups in total. The van der Waals surface area contributed by atoms with Gasteiger partial charge in [0.15, 0.2) is 5.11 Å². The minimum atomic E-state index is 0. The van der Waals surface area contributed by atoms with Gasteiger partial charge in [0.05, 0.1) is 0 Å². The van der Waals surface area contributed by atoms with Gasteiger partial charge < -0.3 is 17.2 Å². The Morgan fingerprint density at radius 3 is 2.27 bits per heavy atom. The fourth-order valence-electron chi connectivity index (χ4n) is 0.664. The van der Waals surface area contributed by atoms with Gasteiger partial charge in [-0.15, -0.1) is 0 Å². The number of anilines is 1. The van der Waals surface area contributed by atoms with E-state index in [9.17, 15) is 0 Å². The van der Waals surface area contributed by atoms with E-state index in [4.69, 9.17) is 5.73 Å². The standard InChI is InChI=1S/C7H8N2S.H3N/c8-7(10)9-6-4-2-1-3-5-6;/h1-5H,(H3,8,9,10);1H3. The largest absolute Gasteiger partial charge is 0.376 e. The SMILES string of the molecule is N.NC(=S)Nc1ccccc1. The highest BCUT2D eigenvalue weighted by atomic mass is 32.1. The summed E-state index contributed by atoms with van der Waals surface area (Å²) in [4.78, 5) is 0. The van der Waals surface area contributed by atoms with Crippen LogP contribution in [0.4, 0.5) is 5.69 Å². The molecule has 0 aliphatic heterocycles. The molecule has 0 aromatic heterocycles. The summed E-state index contributed by atoms with van der Waals surface area (Å²) in [6.45, 7) is 0. The zero-order chi connectivity index (χ0) is 7.40. The molecule has 1 rings (SSSR count). The van der Waals surface area contributed by atoms with Crippen molar-refractivity contribution in [2.75, 3.05) is 5.32 Å². The van der Waals surface area contributed by atoms with Crippen molar-refractivity contribution in [2.45, 2.75) is 0 Å². The van der Waals surface area contributed by atoms with Gasteiger partial charge in [0.1, 0.15) is 0 Å². The molecule has 4 heteroatoms. The molecule has 0 fully saturated rings. The van der Waals surface area contributed by atoms with Gasteiger partial charge in [-0.25, -0.2) is 0 Å². The van der Waals surface area contributed by atoms with E-state index in [1.807, 2.05) is 30.3 Å². The number of hydrogen-bond donors (Lipinski definition) is 3. The molecule has 60 valence electrons. The van der Waals surface area contributed by atoms with Crippen molar-refractivity contribution in [3.8, 4) is 0 Å². The molecule has 11 heavy (non-hydrogen) atoms.